The van der Waals surface area contributed by atoms with Gasteiger partial charge in [-0.1, -0.05) is 18.2 Å². The molecule has 4 heteroatoms. The highest BCUT2D eigenvalue weighted by Crippen LogP contribution is 2.30. The summed E-state index contributed by atoms with van der Waals surface area (Å²) in [5, 5.41) is 10.3. The zero-order valence-corrected chi connectivity index (χ0v) is 12.2. The van der Waals surface area contributed by atoms with Gasteiger partial charge in [0.15, 0.2) is 0 Å². The first-order chi connectivity index (χ1) is 10.2. The second-order valence-electron chi connectivity index (χ2n) is 5.74. The minimum absolute atomic E-state index is 0.178. The summed E-state index contributed by atoms with van der Waals surface area (Å²) in [7, 11) is 0. The number of piperidine rings is 1. The average molecular weight is 284 g/mol. The Kier molecular flexibility index (Phi) is 3.88. The molecule has 3 rings (SSSR count). The lowest BCUT2D eigenvalue weighted by molar-refractivity contribution is -0.143. The van der Waals surface area contributed by atoms with Gasteiger partial charge in [0.05, 0.1) is 11.4 Å². The Morgan fingerprint density at radius 3 is 2.71 bits per heavy atom. The molecule has 1 fully saturated rings. The van der Waals surface area contributed by atoms with Crippen molar-refractivity contribution in [3.8, 4) is 0 Å². The van der Waals surface area contributed by atoms with Crippen molar-refractivity contribution in [2.75, 3.05) is 13.1 Å². The van der Waals surface area contributed by atoms with Crippen LogP contribution >= 0.6 is 0 Å². The molecule has 2 heterocycles. The van der Waals surface area contributed by atoms with Gasteiger partial charge in [-0.25, -0.2) is 0 Å². The third kappa shape index (κ3) is 2.76. The van der Waals surface area contributed by atoms with Crippen molar-refractivity contribution in [2.45, 2.75) is 25.8 Å². The van der Waals surface area contributed by atoms with Crippen molar-refractivity contribution in [1.29, 1.82) is 0 Å². The van der Waals surface area contributed by atoms with Gasteiger partial charge in [-0.2, -0.15) is 0 Å². The Bertz CT molecular complexity index is 643. The molecule has 1 aromatic carbocycles. The van der Waals surface area contributed by atoms with Crippen LogP contribution in [0.4, 0.5) is 0 Å². The average Bonchev–Trinajstić information content (AvgIpc) is 2.53. The van der Waals surface area contributed by atoms with Crippen molar-refractivity contribution >= 4 is 16.9 Å². The van der Waals surface area contributed by atoms with E-state index < -0.39 is 5.97 Å². The van der Waals surface area contributed by atoms with E-state index >= 15 is 0 Å². The predicted octanol–water partition coefficient (Wildman–Crippen LogP) is 3.09. The van der Waals surface area contributed by atoms with E-state index in [1.54, 1.807) is 0 Å². The second kappa shape index (κ2) is 5.82. The van der Waals surface area contributed by atoms with Gasteiger partial charge in [0.25, 0.3) is 0 Å². The van der Waals surface area contributed by atoms with Crippen LogP contribution in [0.25, 0.3) is 10.9 Å². The summed E-state index contributed by atoms with van der Waals surface area (Å²) in [4.78, 5) is 17.8. The van der Waals surface area contributed by atoms with Crippen molar-refractivity contribution < 1.29 is 9.90 Å². The fourth-order valence-corrected chi connectivity index (χ4v) is 3.21. The SMILES string of the molecule is CC(c1ccnc2ccccc12)N1CCC(C(=O)O)CC1. The summed E-state index contributed by atoms with van der Waals surface area (Å²) in [5.74, 6) is -0.834. The van der Waals surface area contributed by atoms with Gasteiger partial charge in [-0.3, -0.25) is 14.7 Å². The maximum atomic E-state index is 11.0. The molecular formula is C17H20N2O2. The van der Waals surface area contributed by atoms with Crippen molar-refractivity contribution in [3.05, 3.63) is 42.1 Å². The van der Waals surface area contributed by atoms with Crippen LogP contribution in [0.15, 0.2) is 36.5 Å². The van der Waals surface area contributed by atoms with Crippen LogP contribution in [0.2, 0.25) is 0 Å². The smallest absolute Gasteiger partial charge is 0.306 e. The van der Waals surface area contributed by atoms with Crippen molar-refractivity contribution in [3.63, 3.8) is 0 Å². The highest BCUT2D eigenvalue weighted by Gasteiger charge is 2.27. The number of nitrogens with zero attached hydrogens (tertiary/aromatic N) is 2. The molecule has 1 unspecified atom stereocenters. The quantitative estimate of drug-likeness (QED) is 0.941. The summed E-state index contributed by atoms with van der Waals surface area (Å²) in [6.45, 7) is 3.88. The number of aliphatic carboxylic acids is 1. The van der Waals surface area contributed by atoms with Crippen molar-refractivity contribution in [1.82, 2.24) is 9.88 Å². The zero-order chi connectivity index (χ0) is 14.8. The lowest BCUT2D eigenvalue weighted by Gasteiger charge is -2.35. The third-order valence-corrected chi connectivity index (χ3v) is 4.56. The zero-order valence-electron chi connectivity index (χ0n) is 12.2. The molecule has 0 aliphatic carbocycles. The number of fused-ring (bicyclic) bond motifs is 1. The Morgan fingerprint density at radius 2 is 2.00 bits per heavy atom. The van der Waals surface area contributed by atoms with E-state index in [1.165, 1.54) is 10.9 Å². The third-order valence-electron chi connectivity index (χ3n) is 4.56. The molecule has 21 heavy (non-hydrogen) atoms. The van der Waals surface area contributed by atoms with Crippen LogP contribution in [0.3, 0.4) is 0 Å². The summed E-state index contributed by atoms with van der Waals surface area (Å²) in [5.41, 5.74) is 2.29. The van der Waals surface area contributed by atoms with E-state index in [4.69, 9.17) is 5.11 Å². The van der Waals surface area contributed by atoms with E-state index in [0.29, 0.717) is 0 Å². The maximum Gasteiger partial charge on any atom is 0.306 e. The number of rotatable bonds is 3. The van der Waals surface area contributed by atoms with Crippen LogP contribution in [0.5, 0.6) is 0 Å². The number of benzene rings is 1. The van der Waals surface area contributed by atoms with Crippen LogP contribution in [0.1, 0.15) is 31.4 Å². The number of likely N-dealkylation sites (tertiary alicyclic amines) is 1. The van der Waals surface area contributed by atoms with Crippen LogP contribution in [-0.4, -0.2) is 34.0 Å². The Morgan fingerprint density at radius 1 is 1.29 bits per heavy atom. The maximum absolute atomic E-state index is 11.0. The minimum atomic E-state index is -0.656. The molecule has 0 bridgehead atoms. The van der Waals surface area contributed by atoms with Gasteiger partial charge in [0.2, 0.25) is 0 Å². The number of carboxylic acids is 1. The number of para-hydroxylation sites is 1. The highest BCUT2D eigenvalue weighted by atomic mass is 16.4. The molecule has 1 aliphatic rings. The fourth-order valence-electron chi connectivity index (χ4n) is 3.21. The Labute approximate surface area is 124 Å². The predicted molar refractivity (Wildman–Crippen MR) is 82.1 cm³/mol. The highest BCUT2D eigenvalue weighted by molar-refractivity contribution is 5.82. The van der Waals surface area contributed by atoms with Gasteiger partial charge in [-0.15, -0.1) is 0 Å². The summed E-state index contributed by atoms with van der Waals surface area (Å²) in [6, 6.07) is 10.5. The number of carbonyl (C=O) groups is 1. The van der Waals surface area contributed by atoms with Gasteiger partial charge in [0, 0.05) is 17.6 Å². The number of hydrogen-bond donors (Lipinski definition) is 1. The fraction of sp³-hybridized carbons (Fsp3) is 0.412. The lowest BCUT2D eigenvalue weighted by atomic mass is 9.94. The Hall–Kier alpha value is -1.94. The Balaban J connectivity index is 1.82. The molecule has 1 aliphatic heterocycles. The number of aromatic nitrogens is 1. The molecule has 2 aromatic rings. The van der Waals surface area contributed by atoms with Crippen molar-refractivity contribution in [2.24, 2.45) is 5.92 Å². The summed E-state index contributed by atoms with van der Waals surface area (Å²) < 4.78 is 0. The molecule has 0 saturated carbocycles. The molecule has 0 spiro atoms. The topological polar surface area (TPSA) is 53.4 Å². The van der Waals surface area contributed by atoms with E-state index in [9.17, 15) is 4.79 Å². The molecule has 1 aromatic heterocycles. The number of carboxylic acid groups (broad SMARTS) is 1. The van der Waals surface area contributed by atoms with E-state index in [2.05, 4.69) is 28.9 Å². The molecule has 110 valence electrons. The van der Waals surface area contributed by atoms with E-state index in [1.807, 2.05) is 24.4 Å². The summed E-state index contributed by atoms with van der Waals surface area (Å²) >= 11 is 0. The van der Waals surface area contributed by atoms with E-state index in [-0.39, 0.29) is 12.0 Å². The molecule has 1 N–H and O–H groups in total. The van der Waals surface area contributed by atoms with Gasteiger partial charge in [0.1, 0.15) is 0 Å². The molecular weight excluding hydrogens is 264 g/mol. The number of hydrogen-bond acceptors (Lipinski definition) is 3. The first-order valence-electron chi connectivity index (χ1n) is 7.47. The first-order valence-corrected chi connectivity index (χ1v) is 7.47. The normalized spacial score (nSPS) is 18.7. The first kappa shape index (κ1) is 14.0. The van der Waals surface area contributed by atoms with Crippen LogP contribution in [-0.2, 0) is 4.79 Å². The molecule has 1 saturated heterocycles. The largest absolute Gasteiger partial charge is 0.481 e. The monoisotopic (exact) mass is 284 g/mol. The van der Waals surface area contributed by atoms with Crippen LogP contribution in [0, 0.1) is 5.92 Å². The molecule has 4 nitrogen and oxygen atoms in total. The molecule has 0 radical (unpaired) electrons. The van der Waals surface area contributed by atoms with Gasteiger partial charge < -0.3 is 5.11 Å². The van der Waals surface area contributed by atoms with Gasteiger partial charge in [-0.05, 0) is 50.6 Å². The summed E-state index contributed by atoms with van der Waals surface area (Å²) in [6.07, 6.45) is 3.34. The van der Waals surface area contributed by atoms with Crippen LogP contribution < -0.4 is 0 Å². The molecule has 0 amide bonds. The molecule has 1 atom stereocenters. The standard InChI is InChI=1S/C17H20N2O2/c1-12(19-10-7-13(8-11-19)17(20)21)14-6-9-18-16-5-3-2-4-15(14)16/h2-6,9,12-13H,7-8,10-11H2,1H3,(H,20,21). The second-order valence-corrected chi connectivity index (χ2v) is 5.74. The number of pyridine rings is 1. The van der Waals surface area contributed by atoms with Gasteiger partial charge >= 0.3 is 5.97 Å². The minimum Gasteiger partial charge on any atom is -0.481 e. The van der Waals surface area contributed by atoms with E-state index in [0.717, 1.165) is 31.4 Å². The lowest BCUT2D eigenvalue weighted by Crippen LogP contribution is -2.37.